The summed E-state index contributed by atoms with van der Waals surface area (Å²) in [4.78, 5) is 0.186. The van der Waals surface area contributed by atoms with Crippen molar-refractivity contribution in [2.45, 2.75) is 17.6 Å². The van der Waals surface area contributed by atoms with E-state index < -0.39 is 15.7 Å². The fraction of sp³-hybridized carbons (Fsp3) is 0.133. The largest absolute Gasteiger partial charge is 0.223 e. The summed E-state index contributed by atoms with van der Waals surface area (Å²) in [6.07, 6.45) is 0. The summed E-state index contributed by atoms with van der Waals surface area (Å²) in [7, 11) is -3.55. The lowest BCUT2D eigenvalue weighted by molar-refractivity contribution is 0.594. The van der Waals surface area contributed by atoms with Gasteiger partial charge >= 0.3 is 0 Å². The molecule has 0 saturated heterocycles. The van der Waals surface area contributed by atoms with Crippen LogP contribution in [-0.2, 0) is 15.6 Å². The van der Waals surface area contributed by atoms with Crippen molar-refractivity contribution in [3.05, 3.63) is 65.0 Å². The smallest absolute Gasteiger partial charge is 0.182 e. The molecule has 0 heterocycles. The first kappa shape index (κ1) is 14.2. The van der Waals surface area contributed by atoms with Gasteiger partial charge < -0.3 is 0 Å². The van der Waals surface area contributed by atoms with E-state index >= 15 is 0 Å². The van der Waals surface area contributed by atoms with Gasteiger partial charge in [-0.3, -0.25) is 0 Å². The van der Waals surface area contributed by atoms with E-state index in [1.165, 1.54) is 18.2 Å². The maximum absolute atomic E-state index is 13.3. The van der Waals surface area contributed by atoms with Crippen molar-refractivity contribution in [2.75, 3.05) is 0 Å². The Hall–Kier alpha value is -2.19. The monoisotopic (exact) mass is 289 g/mol. The number of sulfone groups is 1. The third-order valence-electron chi connectivity index (χ3n) is 2.82. The van der Waals surface area contributed by atoms with Crippen LogP contribution in [0.2, 0.25) is 0 Å². The minimum atomic E-state index is -3.55. The molecule has 102 valence electrons. The van der Waals surface area contributed by atoms with E-state index in [1.54, 1.807) is 18.2 Å². The minimum Gasteiger partial charge on any atom is -0.223 e. The topological polar surface area (TPSA) is 57.9 Å². The summed E-state index contributed by atoms with van der Waals surface area (Å²) in [6, 6.07) is 11.9. The standard InChI is InChI=1S/C15H12FNO2S/c1-11-2-4-15(5-3-11)20(18,19)10-13-6-12(9-17)7-14(16)8-13/h2-8H,10H2,1H3. The van der Waals surface area contributed by atoms with Gasteiger partial charge in [0.2, 0.25) is 0 Å². The third kappa shape index (κ3) is 3.22. The Labute approximate surface area is 117 Å². The third-order valence-corrected chi connectivity index (χ3v) is 4.53. The van der Waals surface area contributed by atoms with Crippen molar-refractivity contribution in [3.63, 3.8) is 0 Å². The lowest BCUT2D eigenvalue weighted by atomic mass is 10.1. The molecule has 2 aromatic rings. The molecule has 0 unspecified atom stereocenters. The highest BCUT2D eigenvalue weighted by Gasteiger charge is 2.16. The lowest BCUT2D eigenvalue weighted by Gasteiger charge is -2.06. The molecule has 5 heteroatoms. The van der Waals surface area contributed by atoms with Crippen LogP contribution in [0.25, 0.3) is 0 Å². The van der Waals surface area contributed by atoms with E-state index in [2.05, 4.69) is 0 Å². The molecular weight excluding hydrogens is 277 g/mol. The molecule has 0 spiro atoms. The fourth-order valence-electron chi connectivity index (χ4n) is 1.85. The first-order valence-corrected chi connectivity index (χ1v) is 7.55. The number of hydrogen-bond acceptors (Lipinski definition) is 3. The van der Waals surface area contributed by atoms with E-state index in [1.807, 2.05) is 6.92 Å². The average molecular weight is 289 g/mol. The van der Waals surface area contributed by atoms with Crippen LogP contribution in [0.4, 0.5) is 4.39 Å². The summed E-state index contributed by atoms with van der Waals surface area (Å²) in [5.74, 6) is -0.944. The van der Waals surface area contributed by atoms with Crippen molar-refractivity contribution in [1.82, 2.24) is 0 Å². The second kappa shape index (κ2) is 5.43. The van der Waals surface area contributed by atoms with Crippen molar-refractivity contribution < 1.29 is 12.8 Å². The van der Waals surface area contributed by atoms with Crippen LogP contribution in [-0.4, -0.2) is 8.42 Å². The number of halogens is 1. The molecular formula is C15H12FNO2S. The summed E-state index contributed by atoms with van der Waals surface area (Å²) in [5, 5.41) is 8.77. The van der Waals surface area contributed by atoms with Crippen molar-refractivity contribution in [3.8, 4) is 6.07 Å². The van der Waals surface area contributed by atoms with E-state index in [0.29, 0.717) is 0 Å². The van der Waals surface area contributed by atoms with E-state index in [-0.39, 0.29) is 21.8 Å². The normalized spacial score (nSPS) is 11.1. The van der Waals surface area contributed by atoms with Gasteiger partial charge in [0.1, 0.15) is 5.82 Å². The van der Waals surface area contributed by atoms with Crippen LogP contribution in [0, 0.1) is 24.1 Å². The Kier molecular flexibility index (Phi) is 3.86. The number of nitrogens with zero attached hydrogens (tertiary/aromatic N) is 1. The van der Waals surface area contributed by atoms with Gasteiger partial charge in [0, 0.05) is 0 Å². The van der Waals surface area contributed by atoms with Gasteiger partial charge in [-0.2, -0.15) is 5.26 Å². The van der Waals surface area contributed by atoms with Crippen LogP contribution in [0.15, 0.2) is 47.4 Å². The van der Waals surface area contributed by atoms with E-state index in [4.69, 9.17) is 5.26 Å². The fourth-order valence-corrected chi connectivity index (χ4v) is 3.17. The van der Waals surface area contributed by atoms with E-state index in [9.17, 15) is 12.8 Å². The predicted octanol–water partition coefficient (Wildman–Crippen LogP) is 2.98. The second-order valence-electron chi connectivity index (χ2n) is 4.53. The number of nitriles is 1. The summed E-state index contributed by atoms with van der Waals surface area (Å²) >= 11 is 0. The zero-order valence-corrected chi connectivity index (χ0v) is 11.6. The quantitative estimate of drug-likeness (QED) is 0.872. The molecule has 0 bridgehead atoms. The van der Waals surface area contributed by atoms with Crippen LogP contribution >= 0.6 is 0 Å². The molecule has 0 amide bonds. The highest BCUT2D eigenvalue weighted by atomic mass is 32.2. The molecule has 2 rings (SSSR count). The molecule has 0 aromatic heterocycles. The van der Waals surface area contributed by atoms with E-state index in [0.717, 1.165) is 17.7 Å². The predicted molar refractivity (Wildman–Crippen MR) is 73.2 cm³/mol. The number of rotatable bonds is 3. The maximum atomic E-state index is 13.3. The first-order valence-electron chi connectivity index (χ1n) is 5.90. The second-order valence-corrected chi connectivity index (χ2v) is 6.52. The van der Waals surface area contributed by atoms with Crippen LogP contribution in [0.5, 0.6) is 0 Å². The van der Waals surface area contributed by atoms with Crippen LogP contribution < -0.4 is 0 Å². The van der Waals surface area contributed by atoms with Gasteiger partial charge in [0.25, 0.3) is 0 Å². The summed E-state index contributed by atoms with van der Waals surface area (Å²) < 4.78 is 37.7. The average Bonchev–Trinajstić information content (AvgIpc) is 2.37. The number of hydrogen-bond donors (Lipinski definition) is 0. The minimum absolute atomic E-state index is 0.110. The Morgan fingerprint density at radius 1 is 1.15 bits per heavy atom. The van der Waals surface area contributed by atoms with Gasteiger partial charge in [-0.05, 0) is 42.8 Å². The summed E-state index contributed by atoms with van der Waals surface area (Å²) in [5.41, 5.74) is 1.34. The van der Waals surface area contributed by atoms with Gasteiger partial charge in [-0.1, -0.05) is 17.7 Å². The van der Waals surface area contributed by atoms with Gasteiger partial charge in [-0.15, -0.1) is 0 Å². The molecule has 0 aliphatic heterocycles. The maximum Gasteiger partial charge on any atom is 0.182 e. The van der Waals surface area contributed by atoms with Crippen LogP contribution in [0.1, 0.15) is 16.7 Å². The number of aryl methyl sites for hydroxylation is 1. The molecule has 2 aromatic carbocycles. The van der Waals surface area contributed by atoms with Gasteiger partial charge in [0.05, 0.1) is 22.3 Å². The molecule has 0 atom stereocenters. The zero-order chi connectivity index (χ0) is 14.8. The summed E-state index contributed by atoms with van der Waals surface area (Å²) in [6.45, 7) is 1.86. The Balaban J connectivity index is 2.36. The Bertz CT molecular complexity index is 775. The molecule has 0 fully saturated rings. The zero-order valence-electron chi connectivity index (χ0n) is 10.8. The van der Waals surface area contributed by atoms with Crippen LogP contribution in [0.3, 0.4) is 0 Å². The van der Waals surface area contributed by atoms with Gasteiger partial charge in [0.15, 0.2) is 9.84 Å². The molecule has 0 saturated carbocycles. The molecule has 0 N–H and O–H groups in total. The van der Waals surface area contributed by atoms with Crippen molar-refractivity contribution in [1.29, 1.82) is 5.26 Å². The van der Waals surface area contributed by atoms with Gasteiger partial charge in [-0.25, -0.2) is 12.8 Å². The molecule has 0 aliphatic rings. The highest BCUT2D eigenvalue weighted by Crippen LogP contribution is 2.18. The molecule has 20 heavy (non-hydrogen) atoms. The molecule has 0 aliphatic carbocycles. The molecule has 3 nitrogen and oxygen atoms in total. The van der Waals surface area contributed by atoms with Crippen molar-refractivity contribution >= 4 is 9.84 Å². The first-order chi connectivity index (χ1) is 9.40. The lowest BCUT2D eigenvalue weighted by Crippen LogP contribution is -2.05. The molecule has 0 radical (unpaired) electrons. The van der Waals surface area contributed by atoms with Crippen molar-refractivity contribution in [2.24, 2.45) is 0 Å². The number of benzene rings is 2. The Morgan fingerprint density at radius 2 is 1.80 bits per heavy atom. The SMILES string of the molecule is Cc1ccc(S(=O)(=O)Cc2cc(F)cc(C#N)c2)cc1. The Morgan fingerprint density at radius 3 is 2.40 bits per heavy atom. The highest BCUT2D eigenvalue weighted by molar-refractivity contribution is 7.90.